The molecule has 0 aromatic heterocycles. The standard InChI is InChI=1S/C15H20BrF2NS2/c1-8-9(2)21-14(7-20-8)13(19-3)6-10-12(17)5-4-11(16)15(10)18/h4-5,8-9,13-14,19H,6-7H2,1-3H3. The van der Waals surface area contributed by atoms with Crippen molar-refractivity contribution in [3.8, 4) is 0 Å². The summed E-state index contributed by atoms with van der Waals surface area (Å²) in [4.78, 5) is 0. The normalized spacial score (nSPS) is 27.6. The summed E-state index contributed by atoms with van der Waals surface area (Å²) in [5, 5.41) is 4.80. The number of thioether (sulfide) groups is 2. The number of halogens is 3. The molecule has 0 radical (unpaired) electrons. The molecule has 1 aliphatic heterocycles. The second kappa shape index (κ2) is 7.66. The van der Waals surface area contributed by atoms with Gasteiger partial charge in [0.15, 0.2) is 0 Å². The molecule has 0 bridgehead atoms. The van der Waals surface area contributed by atoms with E-state index in [9.17, 15) is 8.78 Å². The van der Waals surface area contributed by atoms with Crippen molar-refractivity contribution in [2.45, 2.75) is 42.1 Å². The van der Waals surface area contributed by atoms with Crippen LogP contribution in [-0.2, 0) is 6.42 Å². The highest BCUT2D eigenvalue weighted by Gasteiger charge is 2.31. The first-order valence-corrected chi connectivity index (χ1v) is 9.79. The molecule has 1 N–H and O–H groups in total. The van der Waals surface area contributed by atoms with Gasteiger partial charge in [-0.15, -0.1) is 0 Å². The zero-order chi connectivity index (χ0) is 15.6. The Balaban J connectivity index is 2.15. The fraction of sp³-hybridized carbons (Fsp3) is 0.600. The number of benzene rings is 1. The lowest BCUT2D eigenvalue weighted by atomic mass is 10.0. The third-order valence-electron chi connectivity index (χ3n) is 3.96. The molecule has 6 heteroatoms. The lowest BCUT2D eigenvalue weighted by molar-refractivity contribution is 0.499. The van der Waals surface area contributed by atoms with Crippen molar-refractivity contribution in [1.82, 2.24) is 5.32 Å². The Morgan fingerprint density at radius 3 is 2.67 bits per heavy atom. The third kappa shape index (κ3) is 4.15. The fourth-order valence-corrected chi connectivity index (χ4v) is 5.96. The summed E-state index contributed by atoms with van der Waals surface area (Å²) in [5.41, 5.74) is 0.167. The third-order valence-corrected chi connectivity index (χ3v) is 8.12. The summed E-state index contributed by atoms with van der Waals surface area (Å²) in [5.74, 6) is 0.0646. The molecule has 1 aliphatic rings. The van der Waals surface area contributed by atoms with Crippen LogP contribution in [-0.4, -0.2) is 34.6 Å². The summed E-state index contributed by atoms with van der Waals surface area (Å²) in [7, 11) is 1.87. The summed E-state index contributed by atoms with van der Waals surface area (Å²) in [6.45, 7) is 4.46. The minimum absolute atomic E-state index is 0.0655. The molecule has 1 saturated heterocycles. The molecule has 1 aromatic carbocycles. The van der Waals surface area contributed by atoms with Gasteiger partial charge in [0, 0.05) is 33.1 Å². The van der Waals surface area contributed by atoms with E-state index in [0.717, 1.165) is 5.75 Å². The van der Waals surface area contributed by atoms with E-state index in [1.54, 1.807) is 0 Å². The Hall–Kier alpha value is 0.220. The molecule has 118 valence electrons. The van der Waals surface area contributed by atoms with Gasteiger partial charge in [-0.3, -0.25) is 0 Å². The molecular weight excluding hydrogens is 376 g/mol. The molecule has 21 heavy (non-hydrogen) atoms. The number of rotatable bonds is 4. The maximum atomic E-state index is 14.1. The van der Waals surface area contributed by atoms with Gasteiger partial charge in [0.05, 0.1) is 4.47 Å². The molecule has 1 heterocycles. The van der Waals surface area contributed by atoms with Crippen LogP contribution in [0.15, 0.2) is 16.6 Å². The average molecular weight is 396 g/mol. The van der Waals surface area contributed by atoms with Crippen molar-refractivity contribution in [1.29, 1.82) is 0 Å². The largest absolute Gasteiger partial charge is 0.316 e. The number of nitrogens with one attached hydrogen (secondary N) is 1. The van der Waals surface area contributed by atoms with Crippen LogP contribution in [0.5, 0.6) is 0 Å². The molecule has 0 spiro atoms. The monoisotopic (exact) mass is 395 g/mol. The Kier molecular flexibility index (Phi) is 6.41. The van der Waals surface area contributed by atoms with Gasteiger partial charge in [0.25, 0.3) is 0 Å². The van der Waals surface area contributed by atoms with E-state index in [2.05, 4.69) is 35.1 Å². The molecule has 1 nitrogen and oxygen atoms in total. The summed E-state index contributed by atoms with van der Waals surface area (Å²) < 4.78 is 28.4. The zero-order valence-corrected chi connectivity index (χ0v) is 15.5. The maximum Gasteiger partial charge on any atom is 0.143 e. The van der Waals surface area contributed by atoms with Gasteiger partial charge in [0.2, 0.25) is 0 Å². The topological polar surface area (TPSA) is 12.0 Å². The van der Waals surface area contributed by atoms with Crippen LogP contribution < -0.4 is 5.32 Å². The van der Waals surface area contributed by atoms with Crippen LogP contribution >= 0.6 is 39.5 Å². The summed E-state index contributed by atoms with van der Waals surface area (Å²) >= 11 is 7.00. The van der Waals surface area contributed by atoms with Gasteiger partial charge < -0.3 is 5.32 Å². The van der Waals surface area contributed by atoms with Gasteiger partial charge >= 0.3 is 0 Å². The molecule has 0 aliphatic carbocycles. The van der Waals surface area contributed by atoms with Crippen molar-refractivity contribution in [2.75, 3.05) is 12.8 Å². The zero-order valence-electron chi connectivity index (χ0n) is 12.3. The Bertz CT molecular complexity index is 501. The van der Waals surface area contributed by atoms with Gasteiger partial charge in [-0.1, -0.05) is 13.8 Å². The van der Waals surface area contributed by atoms with Crippen LogP contribution in [0.1, 0.15) is 19.4 Å². The quantitative estimate of drug-likeness (QED) is 0.754. The first kappa shape index (κ1) is 17.6. The van der Waals surface area contributed by atoms with E-state index in [0.29, 0.717) is 26.6 Å². The lowest BCUT2D eigenvalue weighted by Crippen LogP contribution is -2.43. The van der Waals surface area contributed by atoms with Crippen molar-refractivity contribution in [3.63, 3.8) is 0 Å². The highest BCUT2D eigenvalue weighted by atomic mass is 79.9. The van der Waals surface area contributed by atoms with Crippen LogP contribution in [0, 0.1) is 11.6 Å². The number of likely N-dealkylation sites (N-methyl/N-ethyl adjacent to an activating group) is 1. The van der Waals surface area contributed by atoms with E-state index in [1.165, 1.54) is 12.1 Å². The van der Waals surface area contributed by atoms with Gasteiger partial charge in [-0.2, -0.15) is 23.5 Å². The first-order valence-electron chi connectivity index (χ1n) is 7.00. The van der Waals surface area contributed by atoms with E-state index in [1.807, 2.05) is 30.6 Å². The van der Waals surface area contributed by atoms with E-state index in [-0.39, 0.29) is 11.6 Å². The van der Waals surface area contributed by atoms with Crippen LogP contribution in [0.2, 0.25) is 0 Å². The van der Waals surface area contributed by atoms with Crippen molar-refractivity contribution >= 4 is 39.5 Å². The van der Waals surface area contributed by atoms with Crippen molar-refractivity contribution < 1.29 is 8.78 Å². The minimum atomic E-state index is -0.481. The van der Waals surface area contributed by atoms with Crippen LogP contribution in [0.3, 0.4) is 0 Å². The van der Waals surface area contributed by atoms with Gasteiger partial charge in [0.1, 0.15) is 11.6 Å². The predicted octanol–water partition coefficient (Wildman–Crippen LogP) is 4.48. The molecule has 1 aromatic rings. The smallest absolute Gasteiger partial charge is 0.143 e. The molecule has 0 saturated carbocycles. The average Bonchev–Trinajstić information content (AvgIpc) is 2.47. The molecule has 4 unspecified atom stereocenters. The second-order valence-corrected chi connectivity index (χ2v) is 9.22. The van der Waals surface area contributed by atoms with Gasteiger partial charge in [-0.25, -0.2) is 8.78 Å². The van der Waals surface area contributed by atoms with Crippen molar-refractivity contribution in [2.24, 2.45) is 0 Å². The fourth-order valence-electron chi connectivity index (χ4n) is 2.41. The second-order valence-electron chi connectivity index (χ2n) is 5.34. The Morgan fingerprint density at radius 1 is 1.33 bits per heavy atom. The van der Waals surface area contributed by atoms with Gasteiger partial charge in [-0.05, 0) is 41.5 Å². The highest BCUT2D eigenvalue weighted by molar-refractivity contribution is 9.10. The lowest BCUT2D eigenvalue weighted by Gasteiger charge is -2.36. The molecule has 4 atom stereocenters. The minimum Gasteiger partial charge on any atom is -0.316 e. The first-order chi connectivity index (χ1) is 9.93. The SMILES string of the molecule is CNC(Cc1c(F)ccc(Br)c1F)C1CSC(C)C(C)S1. The molecular formula is C15H20BrF2NS2. The van der Waals surface area contributed by atoms with Crippen LogP contribution in [0.4, 0.5) is 8.78 Å². The molecule has 1 fully saturated rings. The Morgan fingerprint density at radius 2 is 2.05 bits per heavy atom. The van der Waals surface area contributed by atoms with E-state index in [4.69, 9.17) is 0 Å². The predicted molar refractivity (Wildman–Crippen MR) is 93.4 cm³/mol. The highest BCUT2D eigenvalue weighted by Crippen LogP contribution is 2.38. The number of hydrogen-bond acceptors (Lipinski definition) is 3. The Labute approximate surface area is 142 Å². The van der Waals surface area contributed by atoms with Crippen molar-refractivity contribution in [3.05, 3.63) is 33.8 Å². The summed E-state index contributed by atoms with van der Waals surface area (Å²) in [6, 6.07) is 2.80. The maximum absolute atomic E-state index is 14.1. The molecule has 2 rings (SSSR count). The molecule has 0 amide bonds. The summed E-state index contributed by atoms with van der Waals surface area (Å²) in [6.07, 6.45) is 0.368. The number of hydrogen-bond donors (Lipinski definition) is 1. The van der Waals surface area contributed by atoms with E-state index < -0.39 is 11.6 Å². The van der Waals surface area contributed by atoms with Crippen LogP contribution in [0.25, 0.3) is 0 Å². The van der Waals surface area contributed by atoms with E-state index >= 15 is 0 Å².